The van der Waals surface area contributed by atoms with E-state index in [0.29, 0.717) is 25.1 Å². The molecule has 2 rings (SSSR count). The van der Waals surface area contributed by atoms with Crippen molar-refractivity contribution < 1.29 is 17.9 Å². The van der Waals surface area contributed by atoms with E-state index in [9.17, 15) is 13.2 Å². The summed E-state index contributed by atoms with van der Waals surface area (Å²) in [6.45, 7) is 4.95. The summed E-state index contributed by atoms with van der Waals surface area (Å²) < 4.78 is 32.6. The van der Waals surface area contributed by atoms with Crippen LogP contribution in [-0.2, 0) is 14.8 Å². The standard InChI is InChI=1S/C19H23ClN2O4S/c1-14(2)26-12-6-11-21-19(23)15-9-10-18(17(20)13-15)22-27(24,25)16-7-4-3-5-8-16/h3-5,7-10,13-14,22H,6,11-12H2,1-2H3,(H,21,23). The fourth-order valence-corrected chi connectivity index (χ4v) is 3.62. The van der Waals surface area contributed by atoms with Crippen LogP contribution < -0.4 is 10.0 Å². The lowest BCUT2D eigenvalue weighted by Gasteiger charge is -2.11. The van der Waals surface area contributed by atoms with Crippen LogP contribution in [0.5, 0.6) is 0 Å². The fraction of sp³-hybridized carbons (Fsp3) is 0.316. The van der Waals surface area contributed by atoms with E-state index in [2.05, 4.69) is 10.0 Å². The van der Waals surface area contributed by atoms with Crippen molar-refractivity contribution in [1.29, 1.82) is 0 Å². The lowest BCUT2D eigenvalue weighted by atomic mass is 10.2. The van der Waals surface area contributed by atoms with Gasteiger partial charge in [-0.2, -0.15) is 0 Å². The van der Waals surface area contributed by atoms with Gasteiger partial charge in [-0.25, -0.2) is 8.42 Å². The Morgan fingerprint density at radius 1 is 1.15 bits per heavy atom. The zero-order valence-corrected chi connectivity index (χ0v) is 16.8. The number of carbonyl (C=O) groups excluding carboxylic acids is 1. The normalized spacial score (nSPS) is 11.4. The number of nitrogens with one attached hydrogen (secondary N) is 2. The molecular formula is C19H23ClN2O4S. The van der Waals surface area contributed by atoms with Crippen LogP contribution >= 0.6 is 11.6 Å². The number of rotatable bonds is 9. The molecule has 27 heavy (non-hydrogen) atoms. The molecule has 6 nitrogen and oxygen atoms in total. The van der Waals surface area contributed by atoms with Gasteiger partial charge in [-0.3, -0.25) is 9.52 Å². The van der Waals surface area contributed by atoms with Crippen LogP contribution in [-0.4, -0.2) is 33.6 Å². The van der Waals surface area contributed by atoms with Crippen molar-refractivity contribution in [1.82, 2.24) is 5.32 Å². The first-order valence-electron chi connectivity index (χ1n) is 8.57. The van der Waals surface area contributed by atoms with Gasteiger partial charge in [0.1, 0.15) is 0 Å². The first-order chi connectivity index (χ1) is 12.8. The van der Waals surface area contributed by atoms with Gasteiger partial charge < -0.3 is 10.1 Å². The third-order valence-electron chi connectivity index (χ3n) is 3.59. The van der Waals surface area contributed by atoms with Crippen LogP contribution in [0, 0.1) is 0 Å². The summed E-state index contributed by atoms with van der Waals surface area (Å²) in [6, 6.07) is 12.4. The molecule has 0 aliphatic heterocycles. The van der Waals surface area contributed by atoms with Gasteiger partial charge in [0.15, 0.2) is 0 Å². The molecule has 2 aromatic carbocycles. The highest BCUT2D eigenvalue weighted by atomic mass is 35.5. The molecule has 0 bridgehead atoms. The largest absolute Gasteiger partial charge is 0.379 e. The van der Waals surface area contributed by atoms with E-state index in [1.54, 1.807) is 18.2 Å². The van der Waals surface area contributed by atoms with Crippen molar-refractivity contribution in [2.45, 2.75) is 31.3 Å². The van der Waals surface area contributed by atoms with Gasteiger partial charge in [-0.1, -0.05) is 29.8 Å². The summed E-state index contributed by atoms with van der Waals surface area (Å²) in [4.78, 5) is 12.3. The number of halogens is 1. The molecule has 0 aliphatic carbocycles. The molecule has 0 aromatic heterocycles. The molecule has 2 aromatic rings. The van der Waals surface area contributed by atoms with E-state index in [1.165, 1.54) is 30.3 Å². The van der Waals surface area contributed by atoms with Crippen molar-refractivity contribution in [3.8, 4) is 0 Å². The second-order valence-corrected chi connectivity index (χ2v) is 8.23. The van der Waals surface area contributed by atoms with Crippen LogP contribution in [0.15, 0.2) is 53.4 Å². The predicted octanol–water partition coefficient (Wildman–Crippen LogP) is 3.69. The van der Waals surface area contributed by atoms with Gasteiger partial charge in [-0.15, -0.1) is 0 Å². The minimum Gasteiger partial charge on any atom is -0.379 e. The summed E-state index contributed by atoms with van der Waals surface area (Å²) in [6.07, 6.45) is 0.860. The number of sulfonamides is 1. The molecule has 1 amide bonds. The van der Waals surface area contributed by atoms with Gasteiger partial charge >= 0.3 is 0 Å². The minimum atomic E-state index is -3.75. The fourth-order valence-electron chi connectivity index (χ4n) is 2.24. The van der Waals surface area contributed by atoms with E-state index in [0.717, 1.165) is 0 Å². The highest BCUT2D eigenvalue weighted by molar-refractivity contribution is 7.92. The summed E-state index contributed by atoms with van der Waals surface area (Å²) in [7, 11) is -3.75. The first-order valence-corrected chi connectivity index (χ1v) is 10.4. The molecule has 8 heteroatoms. The quantitative estimate of drug-likeness (QED) is 0.617. The summed E-state index contributed by atoms with van der Waals surface area (Å²) in [5.74, 6) is -0.279. The van der Waals surface area contributed by atoms with Gasteiger partial charge in [0.05, 0.1) is 21.7 Å². The Morgan fingerprint density at radius 2 is 1.85 bits per heavy atom. The van der Waals surface area contributed by atoms with Crippen molar-refractivity contribution in [3.63, 3.8) is 0 Å². The van der Waals surface area contributed by atoms with E-state index < -0.39 is 10.0 Å². The maximum atomic E-state index is 12.4. The molecule has 0 heterocycles. The Balaban J connectivity index is 1.98. The van der Waals surface area contributed by atoms with Crippen LogP contribution in [0.25, 0.3) is 0 Å². The van der Waals surface area contributed by atoms with Gasteiger partial charge in [0, 0.05) is 18.7 Å². The smallest absolute Gasteiger partial charge is 0.261 e. The van der Waals surface area contributed by atoms with E-state index >= 15 is 0 Å². The highest BCUT2D eigenvalue weighted by Crippen LogP contribution is 2.25. The number of anilines is 1. The number of hydrogen-bond donors (Lipinski definition) is 2. The van der Waals surface area contributed by atoms with Crippen LogP contribution in [0.3, 0.4) is 0 Å². The first kappa shape index (κ1) is 21.2. The average molecular weight is 411 g/mol. The minimum absolute atomic E-state index is 0.131. The molecule has 0 unspecified atom stereocenters. The summed E-state index contributed by atoms with van der Waals surface area (Å²) in [5.41, 5.74) is 0.565. The Bertz CT molecular complexity index is 871. The van der Waals surface area contributed by atoms with Crippen molar-refractivity contribution in [2.75, 3.05) is 17.9 Å². The third-order valence-corrected chi connectivity index (χ3v) is 5.28. The van der Waals surface area contributed by atoms with E-state index in [4.69, 9.17) is 16.3 Å². The van der Waals surface area contributed by atoms with Crippen molar-refractivity contribution in [2.24, 2.45) is 0 Å². The van der Waals surface area contributed by atoms with Crippen LogP contribution in [0.4, 0.5) is 5.69 Å². The molecule has 146 valence electrons. The molecular weight excluding hydrogens is 388 g/mol. The summed E-state index contributed by atoms with van der Waals surface area (Å²) in [5, 5.41) is 2.92. The number of hydrogen-bond acceptors (Lipinski definition) is 4. The third kappa shape index (κ3) is 6.53. The van der Waals surface area contributed by atoms with E-state index in [1.807, 2.05) is 13.8 Å². The Labute approximate surface area is 164 Å². The molecule has 0 saturated carbocycles. The van der Waals surface area contributed by atoms with Gasteiger partial charge in [0.2, 0.25) is 0 Å². The highest BCUT2D eigenvalue weighted by Gasteiger charge is 2.16. The Morgan fingerprint density at radius 3 is 2.48 bits per heavy atom. The number of amides is 1. The average Bonchev–Trinajstić information content (AvgIpc) is 2.63. The van der Waals surface area contributed by atoms with Crippen molar-refractivity contribution >= 4 is 33.2 Å². The molecule has 0 spiro atoms. The maximum Gasteiger partial charge on any atom is 0.261 e. The van der Waals surface area contributed by atoms with Crippen molar-refractivity contribution in [3.05, 3.63) is 59.1 Å². The molecule has 0 atom stereocenters. The zero-order chi connectivity index (χ0) is 19.9. The second kappa shape index (κ2) is 9.73. The van der Waals surface area contributed by atoms with Crippen LogP contribution in [0.2, 0.25) is 5.02 Å². The topological polar surface area (TPSA) is 84.5 Å². The molecule has 2 N–H and O–H groups in total. The zero-order valence-electron chi connectivity index (χ0n) is 15.2. The molecule has 0 aliphatic rings. The van der Waals surface area contributed by atoms with Gasteiger partial charge in [-0.05, 0) is 50.6 Å². The van der Waals surface area contributed by atoms with Crippen LogP contribution in [0.1, 0.15) is 30.6 Å². The second-order valence-electron chi connectivity index (χ2n) is 6.14. The Kier molecular flexibility index (Phi) is 7.65. The lowest BCUT2D eigenvalue weighted by molar-refractivity contribution is 0.0757. The molecule has 0 radical (unpaired) electrons. The lowest BCUT2D eigenvalue weighted by Crippen LogP contribution is -2.25. The maximum absolute atomic E-state index is 12.4. The molecule has 0 fully saturated rings. The number of ether oxygens (including phenoxy) is 1. The number of benzene rings is 2. The number of carbonyl (C=O) groups is 1. The molecule has 0 saturated heterocycles. The Hall–Kier alpha value is -2.09. The predicted molar refractivity (Wildman–Crippen MR) is 107 cm³/mol. The monoisotopic (exact) mass is 410 g/mol. The van der Waals surface area contributed by atoms with Gasteiger partial charge in [0.25, 0.3) is 15.9 Å². The van der Waals surface area contributed by atoms with E-state index in [-0.39, 0.29) is 27.6 Å². The summed E-state index contributed by atoms with van der Waals surface area (Å²) >= 11 is 6.16. The SMILES string of the molecule is CC(C)OCCCNC(=O)c1ccc(NS(=O)(=O)c2ccccc2)c(Cl)c1.